The number of rotatable bonds is 3. The Balaban J connectivity index is 1.95. The number of para-hydroxylation sites is 1. The number of carbonyl (C=O) groups excluding carboxylic acids is 1. The number of benzene rings is 1. The molecule has 2 heteroatoms. The molecule has 2 unspecified atom stereocenters. The van der Waals surface area contributed by atoms with Crippen LogP contribution in [0.25, 0.3) is 0 Å². The molecule has 15 heavy (non-hydrogen) atoms. The Labute approximate surface area is 89.6 Å². The van der Waals surface area contributed by atoms with E-state index < -0.39 is 0 Å². The van der Waals surface area contributed by atoms with Gasteiger partial charge in [0, 0.05) is 5.57 Å². The molecule has 1 aromatic rings. The summed E-state index contributed by atoms with van der Waals surface area (Å²) < 4.78 is 5.19. The fourth-order valence-corrected chi connectivity index (χ4v) is 1.62. The van der Waals surface area contributed by atoms with Gasteiger partial charge < -0.3 is 4.74 Å². The van der Waals surface area contributed by atoms with Crippen molar-refractivity contribution in [3.63, 3.8) is 0 Å². The van der Waals surface area contributed by atoms with E-state index in [9.17, 15) is 4.79 Å². The first-order chi connectivity index (χ1) is 7.18. The molecule has 2 atom stereocenters. The second-order valence-electron chi connectivity index (χ2n) is 4.05. The topological polar surface area (TPSA) is 26.3 Å². The van der Waals surface area contributed by atoms with Crippen LogP contribution < -0.4 is 4.74 Å². The summed E-state index contributed by atoms with van der Waals surface area (Å²) in [4.78, 5) is 11.6. The molecule has 0 spiro atoms. The van der Waals surface area contributed by atoms with Crippen molar-refractivity contribution in [3.05, 3.63) is 42.5 Å². The summed E-state index contributed by atoms with van der Waals surface area (Å²) in [5.74, 6) is 1.20. The highest BCUT2D eigenvalue weighted by molar-refractivity contribution is 5.90. The average Bonchev–Trinajstić information content (AvgIpc) is 2.96. The van der Waals surface area contributed by atoms with Crippen LogP contribution in [-0.2, 0) is 4.79 Å². The van der Waals surface area contributed by atoms with E-state index in [1.165, 1.54) is 0 Å². The maximum absolute atomic E-state index is 11.6. The van der Waals surface area contributed by atoms with Gasteiger partial charge in [-0.25, -0.2) is 4.79 Å². The molecule has 0 saturated heterocycles. The molecule has 0 radical (unpaired) electrons. The quantitative estimate of drug-likeness (QED) is 0.428. The van der Waals surface area contributed by atoms with Gasteiger partial charge in [-0.15, -0.1) is 0 Å². The lowest BCUT2D eigenvalue weighted by Crippen LogP contribution is -2.12. The predicted octanol–water partition coefficient (Wildman–Crippen LogP) is 2.80. The van der Waals surface area contributed by atoms with Crippen LogP contribution in [0, 0.1) is 11.8 Å². The molecule has 2 rings (SSSR count). The average molecular weight is 202 g/mol. The molecule has 1 aliphatic rings. The molecule has 0 heterocycles. The molecule has 0 N–H and O–H groups in total. The highest BCUT2D eigenvalue weighted by Crippen LogP contribution is 2.43. The van der Waals surface area contributed by atoms with Gasteiger partial charge in [0.05, 0.1) is 0 Å². The minimum Gasteiger partial charge on any atom is -0.423 e. The molecular weight excluding hydrogens is 188 g/mol. The molecule has 0 amide bonds. The predicted molar refractivity (Wildman–Crippen MR) is 58.5 cm³/mol. The van der Waals surface area contributed by atoms with Gasteiger partial charge in [-0.05, 0) is 30.4 Å². The molecule has 0 aromatic heterocycles. The van der Waals surface area contributed by atoms with Crippen molar-refractivity contribution in [1.82, 2.24) is 0 Å². The van der Waals surface area contributed by atoms with Crippen molar-refractivity contribution < 1.29 is 9.53 Å². The van der Waals surface area contributed by atoms with Gasteiger partial charge in [-0.1, -0.05) is 31.7 Å². The molecular formula is C13H14O2. The van der Waals surface area contributed by atoms with E-state index in [1.54, 1.807) is 12.1 Å². The lowest BCUT2D eigenvalue weighted by atomic mass is 10.2. The Morgan fingerprint density at radius 1 is 1.40 bits per heavy atom. The lowest BCUT2D eigenvalue weighted by Gasteiger charge is -2.05. The number of hydrogen-bond donors (Lipinski definition) is 0. The van der Waals surface area contributed by atoms with Gasteiger partial charge in [0.1, 0.15) is 5.75 Å². The first kappa shape index (κ1) is 9.97. The number of carbonyl (C=O) groups is 1. The number of esters is 1. The summed E-state index contributed by atoms with van der Waals surface area (Å²) in [6.07, 6.45) is 1.06. The third kappa shape index (κ3) is 2.27. The van der Waals surface area contributed by atoms with E-state index in [1.807, 2.05) is 18.2 Å². The second-order valence-corrected chi connectivity index (χ2v) is 4.05. The van der Waals surface area contributed by atoms with Crippen molar-refractivity contribution in [2.24, 2.45) is 11.8 Å². The summed E-state index contributed by atoms with van der Waals surface area (Å²) in [6.45, 7) is 5.91. The normalized spacial score (nSPS) is 23.3. The fourth-order valence-electron chi connectivity index (χ4n) is 1.62. The van der Waals surface area contributed by atoms with Crippen molar-refractivity contribution in [2.45, 2.75) is 13.3 Å². The van der Waals surface area contributed by atoms with E-state index in [-0.39, 0.29) is 5.97 Å². The van der Waals surface area contributed by atoms with Gasteiger partial charge in [0.2, 0.25) is 0 Å². The van der Waals surface area contributed by atoms with Crippen molar-refractivity contribution in [3.8, 4) is 5.75 Å². The smallest absolute Gasteiger partial charge is 0.339 e. The number of ether oxygens (including phenoxy) is 1. The van der Waals surface area contributed by atoms with E-state index >= 15 is 0 Å². The molecule has 0 aliphatic heterocycles. The van der Waals surface area contributed by atoms with Crippen LogP contribution in [0.15, 0.2) is 42.5 Å². The first-order valence-corrected chi connectivity index (χ1v) is 5.14. The van der Waals surface area contributed by atoms with Gasteiger partial charge in [0.25, 0.3) is 0 Å². The Hall–Kier alpha value is -1.57. The Kier molecular flexibility index (Phi) is 2.58. The molecule has 1 fully saturated rings. The lowest BCUT2D eigenvalue weighted by molar-refractivity contribution is -0.130. The van der Waals surface area contributed by atoms with Crippen molar-refractivity contribution >= 4 is 5.97 Å². The van der Waals surface area contributed by atoms with Gasteiger partial charge >= 0.3 is 5.97 Å². The summed E-state index contributed by atoms with van der Waals surface area (Å²) in [5, 5.41) is 0. The summed E-state index contributed by atoms with van der Waals surface area (Å²) >= 11 is 0. The Morgan fingerprint density at radius 3 is 2.53 bits per heavy atom. The third-order valence-electron chi connectivity index (χ3n) is 2.77. The van der Waals surface area contributed by atoms with Gasteiger partial charge in [-0.2, -0.15) is 0 Å². The van der Waals surface area contributed by atoms with Crippen molar-refractivity contribution in [2.75, 3.05) is 0 Å². The third-order valence-corrected chi connectivity index (χ3v) is 2.77. The SMILES string of the molecule is C=C(C(=O)Oc1ccccc1)C1CC1C. The van der Waals surface area contributed by atoms with E-state index in [0.29, 0.717) is 23.2 Å². The van der Waals surface area contributed by atoms with Gasteiger partial charge in [0.15, 0.2) is 0 Å². The van der Waals surface area contributed by atoms with Crippen LogP contribution in [0.3, 0.4) is 0 Å². The van der Waals surface area contributed by atoms with Crippen LogP contribution >= 0.6 is 0 Å². The van der Waals surface area contributed by atoms with Crippen molar-refractivity contribution in [1.29, 1.82) is 0 Å². The van der Waals surface area contributed by atoms with E-state index in [2.05, 4.69) is 13.5 Å². The molecule has 1 aliphatic carbocycles. The highest BCUT2D eigenvalue weighted by Gasteiger charge is 2.38. The summed E-state index contributed by atoms with van der Waals surface area (Å²) in [7, 11) is 0. The molecule has 1 aromatic carbocycles. The Bertz CT molecular complexity index is 381. The summed E-state index contributed by atoms with van der Waals surface area (Å²) in [6, 6.07) is 9.09. The zero-order valence-electron chi connectivity index (χ0n) is 8.77. The van der Waals surface area contributed by atoms with Crippen LogP contribution in [0.4, 0.5) is 0 Å². The first-order valence-electron chi connectivity index (χ1n) is 5.14. The maximum atomic E-state index is 11.6. The van der Waals surface area contributed by atoms with Crippen LogP contribution in [0.1, 0.15) is 13.3 Å². The fraction of sp³-hybridized carbons (Fsp3) is 0.308. The monoisotopic (exact) mass is 202 g/mol. The minimum absolute atomic E-state index is 0.296. The Morgan fingerprint density at radius 2 is 2.00 bits per heavy atom. The highest BCUT2D eigenvalue weighted by atomic mass is 16.5. The number of hydrogen-bond acceptors (Lipinski definition) is 2. The van der Waals surface area contributed by atoms with Crippen LogP contribution in [0.5, 0.6) is 5.75 Å². The molecule has 0 bridgehead atoms. The largest absolute Gasteiger partial charge is 0.423 e. The summed E-state index contributed by atoms with van der Waals surface area (Å²) in [5.41, 5.74) is 0.603. The molecule has 78 valence electrons. The molecule has 2 nitrogen and oxygen atoms in total. The zero-order chi connectivity index (χ0) is 10.8. The molecule has 1 saturated carbocycles. The van der Waals surface area contributed by atoms with Crippen LogP contribution in [0.2, 0.25) is 0 Å². The maximum Gasteiger partial charge on any atom is 0.339 e. The zero-order valence-corrected chi connectivity index (χ0v) is 8.77. The van der Waals surface area contributed by atoms with Crippen LogP contribution in [-0.4, -0.2) is 5.97 Å². The minimum atomic E-state index is -0.296. The van der Waals surface area contributed by atoms with Gasteiger partial charge in [-0.3, -0.25) is 0 Å². The van der Waals surface area contributed by atoms with E-state index in [0.717, 1.165) is 6.42 Å². The second kappa shape index (κ2) is 3.89. The standard InChI is InChI=1S/C13H14O2/c1-9-8-12(9)10(2)13(14)15-11-6-4-3-5-7-11/h3-7,9,12H,2,8H2,1H3. The van der Waals surface area contributed by atoms with E-state index in [4.69, 9.17) is 4.74 Å².